The molecule has 52 valence electrons. The maximum Gasteiger partial charge on any atom is 0.250 e. The van der Waals surface area contributed by atoms with Crippen molar-refractivity contribution in [2.24, 2.45) is 0 Å². The van der Waals surface area contributed by atoms with Gasteiger partial charge in [0.05, 0.1) is 0 Å². The zero-order valence-corrected chi connectivity index (χ0v) is 3.47. The number of hydrogen-bond acceptors (Lipinski definition) is 2. The quantitative estimate of drug-likeness (QED) is 0.294. The molecule has 0 aromatic heterocycles. The molecule has 0 aromatic rings. The topological polar surface area (TPSA) is 46.2 Å². The lowest BCUT2D eigenvalue weighted by Crippen LogP contribution is -2.19. The minimum atomic E-state index is -0.329. The van der Waals surface area contributed by atoms with Crippen LogP contribution in [0.2, 0.25) is 0 Å². The van der Waals surface area contributed by atoms with Gasteiger partial charge in [-0.15, -0.1) is 0 Å². The zero-order valence-electron chi connectivity index (χ0n) is 3.47. The fourth-order valence-corrected chi connectivity index (χ4v) is 0.356. The molecule has 0 spiro atoms. The van der Waals surface area contributed by atoms with Gasteiger partial charge in [0, 0.05) is 12.2 Å². The van der Waals surface area contributed by atoms with Crippen molar-refractivity contribution in [3.8, 4) is 0 Å². The number of rotatable bonds is 0. The molecular weight excluding hydrogens is 150 g/mol. The Balaban J connectivity index is 0. The molecule has 1 aliphatic heterocycles. The van der Waals surface area contributed by atoms with E-state index in [2.05, 4.69) is 0 Å². The van der Waals surface area contributed by atoms with Crippen LogP contribution >= 0.6 is 0 Å². The van der Waals surface area contributed by atoms with Crippen molar-refractivity contribution in [3.05, 3.63) is 12.2 Å². The average Bonchev–Trinajstić information content (AvgIpc) is 1.87. The van der Waals surface area contributed by atoms with Crippen LogP contribution in [0.3, 0.4) is 0 Å². The third-order valence-corrected chi connectivity index (χ3v) is 0.632. The van der Waals surface area contributed by atoms with Gasteiger partial charge in [0.2, 0.25) is 0 Å². The van der Waals surface area contributed by atoms with Crippen LogP contribution < -0.4 is 5.32 Å². The van der Waals surface area contributed by atoms with Crippen LogP contribution in [0.1, 0.15) is 0 Å². The van der Waals surface area contributed by atoms with Crippen LogP contribution in [-0.2, 0) is 9.59 Å². The van der Waals surface area contributed by atoms with Crippen LogP contribution in [0.4, 0.5) is 0 Å². The summed E-state index contributed by atoms with van der Waals surface area (Å²) in [5.74, 6) is -0.657. The van der Waals surface area contributed by atoms with Crippen LogP contribution in [-0.4, -0.2) is 33.7 Å². The molecule has 0 saturated heterocycles. The molecule has 1 aliphatic rings. The van der Waals surface area contributed by atoms with Crippen LogP contribution in [0.5, 0.6) is 0 Å². The van der Waals surface area contributed by atoms with E-state index < -0.39 is 0 Å². The van der Waals surface area contributed by atoms with Crippen LogP contribution in [0.15, 0.2) is 12.2 Å². The fraction of sp³-hybridized carbons (Fsp3) is 0. The highest BCUT2D eigenvalue weighted by Crippen LogP contribution is 1.82. The zero-order chi connectivity index (χ0) is 5.28. The van der Waals surface area contributed by atoms with Crippen molar-refractivity contribution in [2.75, 3.05) is 0 Å². The van der Waals surface area contributed by atoms with Crippen molar-refractivity contribution >= 4 is 33.7 Å². The van der Waals surface area contributed by atoms with E-state index in [4.69, 9.17) is 0 Å². The van der Waals surface area contributed by atoms with Gasteiger partial charge in [0.25, 0.3) is 11.8 Å². The standard InChI is InChI=1S/C4H3NO2.2H4Si/c6-3-1-2-4(7)5-3;;/h1-2H,(H,5,6,7);2*1H4. The Morgan fingerprint density at radius 1 is 1.00 bits per heavy atom. The van der Waals surface area contributed by atoms with Gasteiger partial charge in [-0.3, -0.25) is 14.9 Å². The number of carbonyl (C=O) groups is 2. The summed E-state index contributed by atoms with van der Waals surface area (Å²) in [6, 6.07) is 0. The summed E-state index contributed by atoms with van der Waals surface area (Å²) < 4.78 is 0. The number of hydrogen-bond donors (Lipinski definition) is 1. The summed E-state index contributed by atoms with van der Waals surface area (Å²) in [5, 5.41) is 2.03. The first-order chi connectivity index (χ1) is 3.29. The molecular formula is C4H11NO2Si2. The van der Waals surface area contributed by atoms with E-state index in [1.165, 1.54) is 12.2 Å². The van der Waals surface area contributed by atoms with E-state index in [1.54, 1.807) is 0 Å². The third-order valence-electron chi connectivity index (χ3n) is 0.632. The monoisotopic (exact) mass is 161 g/mol. The molecule has 2 amide bonds. The molecule has 0 saturated carbocycles. The highest BCUT2D eigenvalue weighted by atomic mass is 28.1. The predicted octanol–water partition coefficient (Wildman–Crippen LogP) is -3.70. The Bertz CT molecular complexity index is 139. The predicted molar refractivity (Wildman–Crippen MR) is 45.0 cm³/mol. The number of imide groups is 1. The van der Waals surface area contributed by atoms with Crippen molar-refractivity contribution in [1.29, 1.82) is 0 Å². The molecule has 0 aliphatic carbocycles. The minimum Gasteiger partial charge on any atom is -0.289 e. The van der Waals surface area contributed by atoms with E-state index in [-0.39, 0.29) is 33.7 Å². The van der Waals surface area contributed by atoms with Crippen molar-refractivity contribution in [3.63, 3.8) is 0 Å². The first-order valence-electron chi connectivity index (χ1n) is 1.82. The van der Waals surface area contributed by atoms with Gasteiger partial charge in [-0.2, -0.15) is 0 Å². The molecule has 1 rings (SSSR count). The number of amides is 2. The molecule has 1 heterocycles. The second-order valence-electron chi connectivity index (χ2n) is 1.19. The van der Waals surface area contributed by atoms with E-state index in [0.29, 0.717) is 0 Å². The molecule has 0 atom stereocenters. The van der Waals surface area contributed by atoms with Gasteiger partial charge in [0.15, 0.2) is 0 Å². The normalized spacial score (nSPS) is 13.8. The Hall–Kier alpha value is -0.686. The van der Waals surface area contributed by atoms with E-state index in [9.17, 15) is 9.59 Å². The van der Waals surface area contributed by atoms with Crippen molar-refractivity contribution in [2.45, 2.75) is 0 Å². The number of nitrogens with one attached hydrogen (secondary N) is 1. The number of carbonyl (C=O) groups excluding carboxylic acids is 2. The average molecular weight is 161 g/mol. The lowest BCUT2D eigenvalue weighted by Gasteiger charge is -1.80. The van der Waals surface area contributed by atoms with E-state index >= 15 is 0 Å². The van der Waals surface area contributed by atoms with Crippen LogP contribution in [0.25, 0.3) is 0 Å². The Labute approximate surface area is 61.6 Å². The van der Waals surface area contributed by atoms with Crippen molar-refractivity contribution in [1.82, 2.24) is 5.32 Å². The summed E-state index contributed by atoms with van der Waals surface area (Å²) in [6.45, 7) is 0. The second kappa shape index (κ2) is 4.22. The highest BCUT2D eigenvalue weighted by Gasteiger charge is 2.06. The smallest absolute Gasteiger partial charge is 0.250 e. The molecule has 0 unspecified atom stereocenters. The lowest BCUT2D eigenvalue weighted by molar-refractivity contribution is -0.123. The molecule has 1 N–H and O–H groups in total. The summed E-state index contributed by atoms with van der Waals surface area (Å²) in [7, 11) is 0. The molecule has 0 aromatic carbocycles. The summed E-state index contributed by atoms with van der Waals surface area (Å²) >= 11 is 0. The van der Waals surface area contributed by atoms with Gasteiger partial charge in [0.1, 0.15) is 0 Å². The van der Waals surface area contributed by atoms with Crippen molar-refractivity contribution < 1.29 is 9.59 Å². The molecule has 0 fully saturated rings. The van der Waals surface area contributed by atoms with Gasteiger partial charge >= 0.3 is 0 Å². The van der Waals surface area contributed by atoms with Gasteiger partial charge in [-0.25, -0.2) is 0 Å². The Kier molecular flexibility index (Phi) is 5.23. The Morgan fingerprint density at radius 2 is 1.33 bits per heavy atom. The van der Waals surface area contributed by atoms with Gasteiger partial charge < -0.3 is 0 Å². The molecule has 5 heteroatoms. The maximum atomic E-state index is 10.0. The first kappa shape index (κ1) is 11.2. The lowest BCUT2D eigenvalue weighted by atomic mass is 10.6. The molecule has 0 radical (unpaired) electrons. The van der Waals surface area contributed by atoms with Gasteiger partial charge in [-0.1, -0.05) is 0 Å². The largest absolute Gasteiger partial charge is 0.289 e. The van der Waals surface area contributed by atoms with Crippen LogP contribution in [0, 0.1) is 0 Å². The SMILES string of the molecule is O=C1C=CC(=O)N1.[SiH4].[SiH4]. The second-order valence-corrected chi connectivity index (χ2v) is 1.19. The maximum absolute atomic E-state index is 10.0. The third kappa shape index (κ3) is 2.99. The first-order valence-corrected chi connectivity index (χ1v) is 1.82. The molecule has 0 bridgehead atoms. The summed E-state index contributed by atoms with van der Waals surface area (Å²) in [6.07, 6.45) is 2.39. The highest BCUT2D eigenvalue weighted by molar-refractivity contribution is 6.12. The summed E-state index contributed by atoms with van der Waals surface area (Å²) in [4.78, 5) is 20.1. The minimum absolute atomic E-state index is 0. The molecule has 3 nitrogen and oxygen atoms in total. The van der Waals surface area contributed by atoms with E-state index in [1.807, 2.05) is 5.32 Å². The molecule has 9 heavy (non-hydrogen) atoms. The Morgan fingerprint density at radius 3 is 1.44 bits per heavy atom. The van der Waals surface area contributed by atoms with Gasteiger partial charge in [-0.05, 0) is 21.9 Å². The van der Waals surface area contributed by atoms with E-state index in [0.717, 1.165) is 0 Å². The summed E-state index contributed by atoms with van der Waals surface area (Å²) in [5.41, 5.74) is 0. The fourth-order valence-electron chi connectivity index (χ4n) is 0.356.